The molecule has 0 bridgehead atoms. The molecule has 0 saturated heterocycles. The lowest BCUT2D eigenvalue weighted by Crippen LogP contribution is -2.17. The van der Waals surface area contributed by atoms with Gasteiger partial charge in [-0.15, -0.1) is 0 Å². The van der Waals surface area contributed by atoms with Crippen LogP contribution in [0.3, 0.4) is 0 Å². The van der Waals surface area contributed by atoms with Crippen molar-refractivity contribution in [2.45, 2.75) is 37.0 Å². The topological polar surface area (TPSA) is 84.0 Å². The van der Waals surface area contributed by atoms with E-state index < -0.39 is 9.84 Å². The molecule has 1 aliphatic carbocycles. The van der Waals surface area contributed by atoms with E-state index in [0.29, 0.717) is 10.8 Å². The minimum atomic E-state index is -3.19. The number of sulfone groups is 1. The fourth-order valence-corrected chi connectivity index (χ4v) is 3.70. The molecule has 0 atom stereocenters. The highest BCUT2D eigenvalue weighted by molar-refractivity contribution is 7.90. The van der Waals surface area contributed by atoms with Crippen molar-refractivity contribution in [3.05, 3.63) is 36.5 Å². The van der Waals surface area contributed by atoms with Crippen molar-refractivity contribution in [3.8, 4) is 0 Å². The number of nitrogens with zero attached hydrogens (tertiary/aromatic N) is 2. The molecular formula is C18H24N4O2S. The lowest BCUT2D eigenvalue weighted by Gasteiger charge is -2.22. The number of anilines is 3. The van der Waals surface area contributed by atoms with Crippen molar-refractivity contribution in [3.63, 3.8) is 0 Å². The molecule has 3 rings (SSSR count). The summed E-state index contributed by atoms with van der Waals surface area (Å²) in [6.45, 7) is 0.944. The van der Waals surface area contributed by atoms with E-state index >= 15 is 0 Å². The first-order chi connectivity index (χ1) is 12.0. The lowest BCUT2D eigenvalue weighted by atomic mass is 9.89. The van der Waals surface area contributed by atoms with E-state index in [0.717, 1.165) is 24.0 Å². The van der Waals surface area contributed by atoms with E-state index in [1.54, 1.807) is 30.5 Å². The maximum atomic E-state index is 11.5. The van der Waals surface area contributed by atoms with Crippen LogP contribution in [0.4, 0.5) is 17.5 Å². The Labute approximate surface area is 149 Å². The van der Waals surface area contributed by atoms with Crippen LogP contribution in [-0.4, -0.2) is 31.2 Å². The second-order valence-corrected chi connectivity index (χ2v) is 8.59. The summed E-state index contributed by atoms with van der Waals surface area (Å²) in [5, 5.41) is 6.50. The molecule has 1 heterocycles. The Morgan fingerprint density at radius 1 is 1.08 bits per heavy atom. The van der Waals surface area contributed by atoms with Crippen molar-refractivity contribution in [1.29, 1.82) is 0 Å². The Hall–Kier alpha value is -2.15. The third kappa shape index (κ3) is 5.16. The van der Waals surface area contributed by atoms with Gasteiger partial charge in [0.2, 0.25) is 5.95 Å². The van der Waals surface area contributed by atoms with E-state index in [9.17, 15) is 8.42 Å². The molecule has 0 radical (unpaired) electrons. The molecule has 0 unspecified atom stereocenters. The number of benzene rings is 1. The van der Waals surface area contributed by atoms with Crippen LogP contribution >= 0.6 is 0 Å². The fraction of sp³-hybridized carbons (Fsp3) is 0.444. The second-order valence-electron chi connectivity index (χ2n) is 6.57. The third-order valence-corrected chi connectivity index (χ3v) is 5.62. The summed E-state index contributed by atoms with van der Waals surface area (Å²) in [5.74, 6) is 2.01. The van der Waals surface area contributed by atoms with E-state index in [-0.39, 0.29) is 0 Å². The summed E-state index contributed by atoms with van der Waals surface area (Å²) in [4.78, 5) is 8.99. The highest BCUT2D eigenvalue weighted by Gasteiger charge is 2.13. The SMILES string of the molecule is CS(=O)(=O)c1ccc(Nc2nccc(NCC3CCCCC3)n2)cc1. The zero-order valence-electron chi connectivity index (χ0n) is 14.4. The minimum absolute atomic E-state index is 0.293. The van der Waals surface area contributed by atoms with Gasteiger partial charge in [0, 0.05) is 24.7 Å². The Balaban J connectivity index is 1.61. The second kappa shape index (κ2) is 7.82. The molecular weight excluding hydrogens is 336 g/mol. The van der Waals surface area contributed by atoms with Crippen LogP contribution in [0.25, 0.3) is 0 Å². The quantitative estimate of drug-likeness (QED) is 0.818. The van der Waals surface area contributed by atoms with Crippen LogP contribution in [0.1, 0.15) is 32.1 Å². The number of nitrogens with one attached hydrogen (secondary N) is 2. The van der Waals surface area contributed by atoms with Gasteiger partial charge < -0.3 is 10.6 Å². The monoisotopic (exact) mass is 360 g/mol. The maximum Gasteiger partial charge on any atom is 0.229 e. The van der Waals surface area contributed by atoms with Crippen molar-refractivity contribution in [2.24, 2.45) is 5.92 Å². The predicted octanol–water partition coefficient (Wildman–Crippen LogP) is 3.62. The molecule has 7 heteroatoms. The summed E-state index contributed by atoms with van der Waals surface area (Å²) in [5.41, 5.74) is 0.747. The van der Waals surface area contributed by atoms with Gasteiger partial charge in [-0.1, -0.05) is 19.3 Å². The van der Waals surface area contributed by atoms with Crippen LogP contribution in [0.5, 0.6) is 0 Å². The highest BCUT2D eigenvalue weighted by Crippen LogP contribution is 2.24. The Morgan fingerprint density at radius 2 is 1.80 bits per heavy atom. The lowest BCUT2D eigenvalue weighted by molar-refractivity contribution is 0.373. The fourth-order valence-electron chi connectivity index (χ4n) is 3.07. The summed E-state index contributed by atoms with van der Waals surface area (Å²) in [6.07, 6.45) is 9.49. The number of aromatic nitrogens is 2. The molecule has 0 aliphatic heterocycles. The van der Waals surface area contributed by atoms with E-state index in [2.05, 4.69) is 20.6 Å². The first-order valence-corrected chi connectivity index (χ1v) is 10.5. The first-order valence-electron chi connectivity index (χ1n) is 8.65. The van der Waals surface area contributed by atoms with Gasteiger partial charge in [0.1, 0.15) is 5.82 Å². The average molecular weight is 360 g/mol. The van der Waals surface area contributed by atoms with E-state index in [4.69, 9.17) is 0 Å². The van der Waals surface area contributed by atoms with Crippen LogP contribution in [0.2, 0.25) is 0 Å². The number of hydrogen-bond donors (Lipinski definition) is 2. The maximum absolute atomic E-state index is 11.5. The molecule has 134 valence electrons. The molecule has 2 aromatic rings. The molecule has 1 aromatic carbocycles. The molecule has 0 amide bonds. The zero-order chi connectivity index (χ0) is 17.7. The van der Waals surface area contributed by atoms with Gasteiger partial charge in [-0.2, -0.15) is 4.98 Å². The Morgan fingerprint density at radius 3 is 2.48 bits per heavy atom. The summed E-state index contributed by atoms with van der Waals surface area (Å²) in [7, 11) is -3.19. The largest absolute Gasteiger partial charge is 0.370 e. The number of hydrogen-bond acceptors (Lipinski definition) is 6. The van der Waals surface area contributed by atoms with Crippen molar-refractivity contribution in [2.75, 3.05) is 23.4 Å². The summed E-state index contributed by atoms with van der Waals surface area (Å²) >= 11 is 0. The molecule has 25 heavy (non-hydrogen) atoms. The van der Waals surface area contributed by atoms with Crippen LogP contribution < -0.4 is 10.6 Å². The molecule has 1 aliphatic rings. The highest BCUT2D eigenvalue weighted by atomic mass is 32.2. The predicted molar refractivity (Wildman–Crippen MR) is 99.9 cm³/mol. The molecule has 1 aromatic heterocycles. The first kappa shape index (κ1) is 17.7. The molecule has 6 nitrogen and oxygen atoms in total. The van der Waals surface area contributed by atoms with Crippen molar-refractivity contribution in [1.82, 2.24) is 9.97 Å². The Bertz CT molecular complexity index is 800. The minimum Gasteiger partial charge on any atom is -0.370 e. The Kier molecular flexibility index (Phi) is 5.53. The summed E-state index contributed by atoms with van der Waals surface area (Å²) in [6, 6.07) is 8.43. The van der Waals surface area contributed by atoms with Crippen LogP contribution in [0.15, 0.2) is 41.4 Å². The van der Waals surface area contributed by atoms with Gasteiger partial charge >= 0.3 is 0 Å². The standard InChI is InChI=1S/C18H24N4O2S/c1-25(23,24)16-9-7-15(8-10-16)21-18-19-12-11-17(22-18)20-13-14-5-3-2-4-6-14/h7-12,14H,2-6,13H2,1H3,(H2,19,20,21,22). The number of rotatable bonds is 6. The van der Waals surface area contributed by atoms with Gasteiger partial charge in [-0.05, 0) is 49.1 Å². The third-order valence-electron chi connectivity index (χ3n) is 4.49. The van der Waals surface area contributed by atoms with Gasteiger partial charge in [0.15, 0.2) is 9.84 Å². The zero-order valence-corrected chi connectivity index (χ0v) is 15.2. The smallest absolute Gasteiger partial charge is 0.229 e. The van der Waals surface area contributed by atoms with Gasteiger partial charge in [0.05, 0.1) is 4.90 Å². The molecule has 2 N–H and O–H groups in total. The molecule has 1 saturated carbocycles. The van der Waals surface area contributed by atoms with Gasteiger partial charge in [-0.3, -0.25) is 0 Å². The molecule has 0 spiro atoms. The van der Waals surface area contributed by atoms with Crippen molar-refractivity contribution < 1.29 is 8.42 Å². The van der Waals surface area contributed by atoms with E-state index in [1.165, 1.54) is 38.4 Å². The molecule has 1 fully saturated rings. The van der Waals surface area contributed by atoms with Crippen LogP contribution in [-0.2, 0) is 9.84 Å². The van der Waals surface area contributed by atoms with Crippen molar-refractivity contribution >= 4 is 27.3 Å². The summed E-state index contributed by atoms with van der Waals surface area (Å²) < 4.78 is 23.0. The van der Waals surface area contributed by atoms with Gasteiger partial charge in [0.25, 0.3) is 0 Å². The van der Waals surface area contributed by atoms with Crippen LogP contribution in [0, 0.1) is 5.92 Å². The average Bonchev–Trinajstić information content (AvgIpc) is 2.61. The normalized spacial score (nSPS) is 15.7. The van der Waals surface area contributed by atoms with Gasteiger partial charge in [-0.25, -0.2) is 13.4 Å². The van der Waals surface area contributed by atoms with E-state index in [1.807, 2.05) is 6.07 Å².